The van der Waals surface area contributed by atoms with Crippen LogP contribution in [-0.4, -0.2) is 17.5 Å². The van der Waals surface area contributed by atoms with Gasteiger partial charge < -0.3 is 5.32 Å². The molecule has 1 aliphatic heterocycles. The van der Waals surface area contributed by atoms with Gasteiger partial charge >= 0.3 is 0 Å². The monoisotopic (exact) mass is 229 g/mol. The van der Waals surface area contributed by atoms with Crippen molar-refractivity contribution in [2.24, 2.45) is 0 Å². The molecule has 0 bridgehead atoms. The van der Waals surface area contributed by atoms with Gasteiger partial charge in [0, 0.05) is 24.4 Å². The molecule has 0 saturated carbocycles. The first-order valence-electron chi connectivity index (χ1n) is 5.00. The molecular weight excluding hydrogens is 216 g/mol. The number of thioether (sulfide) groups is 1. The van der Waals surface area contributed by atoms with Crippen molar-refractivity contribution in [1.29, 1.82) is 0 Å². The van der Waals surface area contributed by atoms with Gasteiger partial charge in [-0.05, 0) is 29.9 Å². The fraction of sp³-hybridized carbons (Fsp3) is 0.455. The van der Waals surface area contributed by atoms with E-state index in [0.717, 1.165) is 18.2 Å². The summed E-state index contributed by atoms with van der Waals surface area (Å²) in [6, 6.07) is 4.13. The number of hydrogen-bond donors (Lipinski definition) is 1. The molecular formula is C11H13F2NS. The lowest BCUT2D eigenvalue weighted by Gasteiger charge is -2.11. The Bertz CT molecular complexity index is 317. The van der Waals surface area contributed by atoms with E-state index in [1.165, 1.54) is 17.9 Å². The quantitative estimate of drug-likeness (QED) is 0.855. The highest BCUT2D eigenvalue weighted by molar-refractivity contribution is 7.99. The van der Waals surface area contributed by atoms with Gasteiger partial charge in [0.25, 0.3) is 0 Å². The van der Waals surface area contributed by atoms with Crippen LogP contribution in [0.4, 0.5) is 8.78 Å². The van der Waals surface area contributed by atoms with Gasteiger partial charge in [0.05, 0.1) is 0 Å². The summed E-state index contributed by atoms with van der Waals surface area (Å²) < 4.78 is 25.7. The van der Waals surface area contributed by atoms with Crippen molar-refractivity contribution >= 4 is 11.8 Å². The zero-order valence-corrected chi connectivity index (χ0v) is 9.12. The van der Waals surface area contributed by atoms with Crippen LogP contribution >= 0.6 is 11.8 Å². The molecule has 1 aromatic carbocycles. The first-order chi connectivity index (χ1) is 7.24. The summed E-state index contributed by atoms with van der Waals surface area (Å²) >= 11 is 1.91. The Balaban J connectivity index is 1.92. The van der Waals surface area contributed by atoms with E-state index in [0.29, 0.717) is 18.2 Å². The first kappa shape index (κ1) is 10.9. The summed E-state index contributed by atoms with van der Waals surface area (Å²) in [4.78, 5) is 0. The van der Waals surface area contributed by atoms with Crippen LogP contribution in [0.1, 0.15) is 12.0 Å². The minimum Gasteiger partial charge on any atom is -0.309 e. The number of halogens is 2. The Morgan fingerprint density at radius 1 is 1.27 bits per heavy atom. The Labute approximate surface area is 92.3 Å². The first-order valence-corrected chi connectivity index (χ1v) is 6.15. The van der Waals surface area contributed by atoms with Crippen LogP contribution < -0.4 is 5.32 Å². The van der Waals surface area contributed by atoms with Crippen LogP contribution in [0.25, 0.3) is 0 Å². The SMILES string of the molecule is Fc1cc(F)cc(CNC2CCSC2)c1. The van der Waals surface area contributed by atoms with Crippen LogP contribution in [0.2, 0.25) is 0 Å². The maximum atomic E-state index is 12.9. The largest absolute Gasteiger partial charge is 0.309 e. The molecule has 4 heteroatoms. The highest BCUT2D eigenvalue weighted by Crippen LogP contribution is 2.17. The molecule has 2 rings (SSSR count). The van der Waals surface area contributed by atoms with E-state index in [1.807, 2.05) is 11.8 Å². The van der Waals surface area contributed by atoms with Crippen LogP contribution in [0.15, 0.2) is 18.2 Å². The average molecular weight is 229 g/mol. The van der Waals surface area contributed by atoms with Crippen molar-refractivity contribution in [3.8, 4) is 0 Å². The zero-order chi connectivity index (χ0) is 10.7. The lowest BCUT2D eigenvalue weighted by molar-refractivity contribution is 0.544. The molecule has 1 fully saturated rings. The Morgan fingerprint density at radius 2 is 2.00 bits per heavy atom. The van der Waals surface area contributed by atoms with Crippen molar-refractivity contribution in [2.45, 2.75) is 19.0 Å². The molecule has 15 heavy (non-hydrogen) atoms. The summed E-state index contributed by atoms with van der Waals surface area (Å²) in [5, 5.41) is 3.30. The Kier molecular flexibility index (Phi) is 3.59. The number of benzene rings is 1. The van der Waals surface area contributed by atoms with Gasteiger partial charge in [0.2, 0.25) is 0 Å². The fourth-order valence-electron chi connectivity index (χ4n) is 1.67. The van der Waals surface area contributed by atoms with Gasteiger partial charge in [-0.25, -0.2) is 8.78 Å². The summed E-state index contributed by atoms with van der Waals surface area (Å²) in [6.45, 7) is 0.542. The molecule has 82 valence electrons. The van der Waals surface area contributed by atoms with Crippen molar-refractivity contribution < 1.29 is 8.78 Å². The second kappa shape index (κ2) is 4.94. The van der Waals surface area contributed by atoms with E-state index in [2.05, 4.69) is 5.32 Å². The standard InChI is InChI=1S/C11H13F2NS/c12-9-3-8(4-10(13)5-9)6-14-11-1-2-15-7-11/h3-5,11,14H,1-2,6-7H2. The predicted octanol–water partition coefficient (Wildman–Crippen LogP) is 2.56. The van der Waals surface area contributed by atoms with E-state index in [9.17, 15) is 8.78 Å². The lowest BCUT2D eigenvalue weighted by Crippen LogP contribution is -2.28. The van der Waals surface area contributed by atoms with Crippen molar-refractivity contribution in [1.82, 2.24) is 5.32 Å². The topological polar surface area (TPSA) is 12.0 Å². The van der Waals surface area contributed by atoms with E-state index >= 15 is 0 Å². The molecule has 0 amide bonds. The van der Waals surface area contributed by atoms with Crippen LogP contribution in [0.5, 0.6) is 0 Å². The van der Waals surface area contributed by atoms with Gasteiger partial charge in [0.15, 0.2) is 0 Å². The van der Waals surface area contributed by atoms with E-state index in [-0.39, 0.29) is 0 Å². The van der Waals surface area contributed by atoms with Crippen molar-refractivity contribution in [3.05, 3.63) is 35.4 Å². The lowest BCUT2D eigenvalue weighted by atomic mass is 10.2. The third-order valence-corrected chi connectivity index (χ3v) is 3.61. The molecule has 1 unspecified atom stereocenters. The molecule has 1 atom stereocenters. The molecule has 1 nitrogen and oxygen atoms in total. The molecule has 1 saturated heterocycles. The second-order valence-electron chi connectivity index (χ2n) is 3.72. The molecule has 1 aromatic rings. The normalized spacial score (nSPS) is 20.8. The Hall–Kier alpha value is -0.610. The van der Waals surface area contributed by atoms with Gasteiger partial charge in [-0.2, -0.15) is 11.8 Å². The predicted molar refractivity (Wildman–Crippen MR) is 58.9 cm³/mol. The van der Waals surface area contributed by atoms with Crippen LogP contribution in [-0.2, 0) is 6.54 Å². The number of rotatable bonds is 3. The van der Waals surface area contributed by atoms with Gasteiger partial charge in [-0.15, -0.1) is 0 Å². The van der Waals surface area contributed by atoms with Crippen molar-refractivity contribution in [2.75, 3.05) is 11.5 Å². The maximum Gasteiger partial charge on any atom is 0.126 e. The van der Waals surface area contributed by atoms with E-state index < -0.39 is 11.6 Å². The molecule has 1 heterocycles. The molecule has 0 spiro atoms. The highest BCUT2D eigenvalue weighted by atomic mass is 32.2. The molecule has 0 aliphatic carbocycles. The fourth-order valence-corrected chi connectivity index (χ4v) is 2.86. The third kappa shape index (κ3) is 3.18. The molecule has 1 N–H and O–H groups in total. The van der Waals surface area contributed by atoms with Crippen LogP contribution in [0.3, 0.4) is 0 Å². The zero-order valence-electron chi connectivity index (χ0n) is 8.30. The summed E-state index contributed by atoms with van der Waals surface area (Å²) in [5.74, 6) is 1.26. The molecule has 0 aromatic heterocycles. The minimum absolute atomic E-state index is 0.487. The summed E-state index contributed by atoms with van der Waals surface area (Å²) in [7, 11) is 0. The summed E-state index contributed by atoms with van der Waals surface area (Å²) in [6.07, 6.45) is 1.14. The average Bonchev–Trinajstić information content (AvgIpc) is 2.65. The Morgan fingerprint density at radius 3 is 2.60 bits per heavy atom. The van der Waals surface area contributed by atoms with Crippen molar-refractivity contribution in [3.63, 3.8) is 0 Å². The highest BCUT2D eigenvalue weighted by Gasteiger charge is 2.14. The van der Waals surface area contributed by atoms with Gasteiger partial charge in [-0.1, -0.05) is 0 Å². The van der Waals surface area contributed by atoms with E-state index in [1.54, 1.807) is 0 Å². The van der Waals surface area contributed by atoms with Gasteiger partial charge in [0.1, 0.15) is 11.6 Å². The van der Waals surface area contributed by atoms with Gasteiger partial charge in [-0.3, -0.25) is 0 Å². The minimum atomic E-state index is -0.507. The smallest absolute Gasteiger partial charge is 0.126 e. The van der Waals surface area contributed by atoms with Crippen LogP contribution in [0, 0.1) is 11.6 Å². The number of nitrogens with one attached hydrogen (secondary N) is 1. The number of hydrogen-bond acceptors (Lipinski definition) is 2. The third-order valence-electron chi connectivity index (χ3n) is 2.45. The maximum absolute atomic E-state index is 12.9. The molecule has 1 aliphatic rings. The molecule has 0 radical (unpaired) electrons. The summed E-state index contributed by atoms with van der Waals surface area (Å²) in [5.41, 5.74) is 0.671. The second-order valence-corrected chi connectivity index (χ2v) is 4.87. The van der Waals surface area contributed by atoms with E-state index in [4.69, 9.17) is 0 Å².